The number of aromatic hydroxyl groups is 1. The quantitative estimate of drug-likeness (QED) is 0.370. The number of carbonyl (C=O) groups excluding carboxylic acids is 1. The Bertz CT molecular complexity index is 1190. The van der Waals surface area contributed by atoms with Gasteiger partial charge in [-0.05, 0) is 75.6 Å². The number of phenolic OH excluding ortho intramolecular Hbond substituents is 1. The Labute approximate surface area is 208 Å². The Hall–Kier alpha value is -2.68. The van der Waals surface area contributed by atoms with Gasteiger partial charge < -0.3 is 14.6 Å². The van der Waals surface area contributed by atoms with Gasteiger partial charge in [0.05, 0.1) is 24.3 Å². The van der Waals surface area contributed by atoms with Gasteiger partial charge in [-0.1, -0.05) is 28.1 Å². The Morgan fingerprint density at radius 2 is 1.76 bits per heavy atom. The molecule has 1 aliphatic rings. The van der Waals surface area contributed by atoms with Crippen LogP contribution in [0.1, 0.15) is 45.7 Å². The van der Waals surface area contributed by atoms with Gasteiger partial charge >= 0.3 is 5.97 Å². The molecule has 2 N–H and O–H groups in total. The number of hydrogen-bond donors (Lipinski definition) is 2. The molecule has 3 aromatic carbocycles. The summed E-state index contributed by atoms with van der Waals surface area (Å²) in [6.07, 6.45) is 0.212. The monoisotopic (exact) mass is 572 g/mol. The molecule has 0 saturated carbocycles. The third kappa shape index (κ3) is 5.13. The molecule has 0 spiro atoms. The number of hydrogen-bond acceptors (Lipinski definition) is 6. The number of phenols is 1. The van der Waals surface area contributed by atoms with Crippen molar-refractivity contribution in [3.05, 3.63) is 91.9 Å². The zero-order valence-corrected chi connectivity index (χ0v) is 21.2. The third-order valence-corrected chi connectivity index (χ3v) is 6.61. The summed E-state index contributed by atoms with van der Waals surface area (Å²) in [6, 6.07) is 18.5. The maximum absolute atomic E-state index is 11.8. The molecule has 1 heterocycles. The average molecular weight is 574 g/mol. The Balaban J connectivity index is 1.74. The van der Waals surface area contributed by atoms with Crippen LogP contribution >= 0.6 is 31.9 Å². The summed E-state index contributed by atoms with van der Waals surface area (Å²) in [5.74, 6) is 0.571. The molecule has 0 amide bonds. The predicted molar refractivity (Wildman–Crippen MR) is 134 cm³/mol. The van der Waals surface area contributed by atoms with Crippen LogP contribution in [0.2, 0.25) is 0 Å². The molecule has 0 fully saturated rings. The minimum absolute atomic E-state index is 0.187. The molecule has 1 aliphatic heterocycles. The summed E-state index contributed by atoms with van der Waals surface area (Å²) in [5.41, 5.74) is 4.01. The number of methoxy groups -OCH3 is 2. The van der Waals surface area contributed by atoms with E-state index in [1.807, 2.05) is 48.5 Å². The van der Waals surface area contributed by atoms with Crippen LogP contribution in [0.4, 0.5) is 0 Å². The van der Waals surface area contributed by atoms with Crippen LogP contribution in [-0.2, 0) is 4.74 Å². The summed E-state index contributed by atoms with van der Waals surface area (Å²) < 4.78 is 11.6. The van der Waals surface area contributed by atoms with Crippen molar-refractivity contribution in [2.75, 3.05) is 14.2 Å². The molecule has 0 aliphatic carbocycles. The van der Waals surface area contributed by atoms with Gasteiger partial charge in [-0.25, -0.2) is 4.79 Å². The Morgan fingerprint density at radius 3 is 2.39 bits per heavy atom. The van der Waals surface area contributed by atoms with Gasteiger partial charge in [0.25, 0.3) is 0 Å². The first-order valence-electron chi connectivity index (χ1n) is 10.2. The normalized spacial score (nSPS) is 17.9. The Morgan fingerprint density at radius 1 is 1.06 bits per heavy atom. The maximum Gasteiger partial charge on any atom is 0.337 e. The van der Waals surface area contributed by atoms with Gasteiger partial charge in [0.1, 0.15) is 17.7 Å². The van der Waals surface area contributed by atoms with E-state index in [1.165, 1.54) is 7.11 Å². The van der Waals surface area contributed by atoms with E-state index in [4.69, 9.17) is 14.5 Å². The lowest BCUT2D eigenvalue weighted by molar-refractivity contribution is 0.0600. The molecule has 33 heavy (non-hydrogen) atoms. The zero-order valence-electron chi connectivity index (χ0n) is 18.0. The van der Waals surface area contributed by atoms with Crippen LogP contribution in [0.3, 0.4) is 0 Å². The fourth-order valence-corrected chi connectivity index (χ4v) is 5.06. The fourth-order valence-electron chi connectivity index (χ4n) is 3.81. The molecule has 0 unspecified atom stereocenters. The number of halogens is 2. The van der Waals surface area contributed by atoms with E-state index in [0.717, 1.165) is 32.6 Å². The molecule has 170 valence electrons. The van der Waals surface area contributed by atoms with E-state index in [1.54, 1.807) is 19.2 Å². The summed E-state index contributed by atoms with van der Waals surface area (Å²) in [7, 11) is 2.99. The number of ether oxygens (including phenoxy) is 2. The van der Waals surface area contributed by atoms with Crippen molar-refractivity contribution in [1.82, 2.24) is 5.32 Å². The summed E-state index contributed by atoms with van der Waals surface area (Å²) in [4.78, 5) is 16.8. The lowest BCUT2D eigenvalue weighted by Gasteiger charge is -2.31. The number of carbonyl (C=O) groups is 1. The van der Waals surface area contributed by atoms with Crippen molar-refractivity contribution in [1.29, 1.82) is 0 Å². The first-order valence-corrected chi connectivity index (χ1v) is 11.8. The van der Waals surface area contributed by atoms with Crippen molar-refractivity contribution in [2.45, 2.75) is 18.6 Å². The molecule has 4 rings (SSSR count). The van der Waals surface area contributed by atoms with E-state index in [0.29, 0.717) is 16.5 Å². The summed E-state index contributed by atoms with van der Waals surface area (Å²) in [6.45, 7) is 0. The smallest absolute Gasteiger partial charge is 0.337 e. The molecule has 0 bridgehead atoms. The third-order valence-electron chi connectivity index (χ3n) is 5.55. The SMILES string of the molecule is COC(=O)c1ccc([C@H]2N=C(c3ccc(OC)cc3)C[C@H](c3cc(Br)cc(Br)c3O)N2)cc1. The number of nitrogens with one attached hydrogen (secondary N) is 1. The highest BCUT2D eigenvalue weighted by atomic mass is 79.9. The van der Waals surface area contributed by atoms with Crippen molar-refractivity contribution >= 4 is 43.5 Å². The molecule has 6 nitrogen and oxygen atoms in total. The van der Waals surface area contributed by atoms with Crippen molar-refractivity contribution in [3.63, 3.8) is 0 Å². The predicted octanol–water partition coefficient (Wildman–Crippen LogP) is 5.93. The lowest BCUT2D eigenvalue weighted by atomic mass is 9.93. The largest absolute Gasteiger partial charge is 0.506 e. The van der Waals surface area contributed by atoms with Gasteiger partial charge in [-0.2, -0.15) is 0 Å². The van der Waals surface area contributed by atoms with Gasteiger partial charge in [0.2, 0.25) is 0 Å². The van der Waals surface area contributed by atoms with Crippen molar-refractivity contribution in [3.8, 4) is 11.5 Å². The molecule has 2 atom stereocenters. The van der Waals surface area contributed by atoms with Crippen molar-refractivity contribution in [2.24, 2.45) is 4.99 Å². The van der Waals surface area contributed by atoms with Crippen LogP contribution in [-0.4, -0.2) is 31.0 Å². The highest BCUT2D eigenvalue weighted by molar-refractivity contribution is 9.11. The van der Waals surface area contributed by atoms with E-state index < -0.39 is 0 Å². The molecule has 0 radical (unpaired) electrons. The molecule has 0 saturated heterocycles. The van der Waals surface area contributed by atoms with Gasteiger partial charge in [0, 0.05) is 28.2 Å². The number of rotatable bonds is 5. The van der Waals surface area contributed by atoms with Crippen LogP contribution in [0.25, 0.3) is 0 Å². The van der Waals surface area contributed by atoms with Crippen molar-refractivity contribution < 1.29 is 19.4 Å². The van der Waals surface area contributed by atoms with E-state index in [2.05, 4.69) is 37.2 Å². The minimum atomic E-state index is -0.387. The molecule has 3 aromatic rings. The summed E-state index contributed by atoms with van der Waals surface area (Å²) >= 11 is 6.95. The first kappa shape index (κ1) is 23.5. The maximum atomic E-state index is 11.8. The van der Waals surface area contributed by atoms with Crippen LogP contribution in [0.5, 0.6) is 11.5 Å². The zero-order chi connectivity index (χ0) is 23.5. The van der Waals surface area contributed by atoms with Crippen LogP contribution in [0, 0.1) is 0 Å². The lowest BCUT2D eigenvalue weighted by Crippen LogP contribution is -2.33. The highest BCUT2D eigenvalue weighted by Crippen LogP contribution is 2.39. The minimum Gasteiger partial charge on any atom is -0.506 e. The van der Waals surface area contributed by atoms with Crippen LogP contribution < -0.4 is 10.1 Å². The number of aliphatic imine (C=N–C) groups is 1. The number of nitrogens with zero attached hydrogens (tertiary/aromatic N) is 1. The molecular weight excluding hydrogens is 552 g/mol. The van der Waals surface area contributed by atoms with E-state index in [-0.39, 0.29) is 23.9 Å². The number of benzene rings is 3. The van der Waals surface area contributed by atoms with Gasteiger partial charge in [-0.15, -0.1) is 0 Å². The molecule has 8 heteroatoms. The van der Waals surface area contributed by atoms with Gasteiger partial charge in [0.15, 0.2) is 0 Å². The van der Waals surface area contributed by atoms with E-state index >= 15 is 0 Å². The second kappa shape index (κ2) is 10.1. The second-order valence-corrected chi connectivity index (χ2v) is 9.34. The second-order valence-electron chi connectivity index (χ2n) is 7.57. The molecule has 0 aromatic heterocycles. The van der Waals surface area contributed by atoms with Crippen LogP contribution in [0.15, 0.2) is 74.6 Å². The first-order chi connectivity index (χ1) is 15.9. The van der Waals surface area contributed by atoms with E-state index in [9.17, 15) is 9.90 Å². The fraction of sp³-hybridized carbons (Fsp3) is 0.200. The summed E-state index contributed by atoms with van der Waals surface area (Å²) in [5, 5.41) is 14.3. The topological polar surface area (TPSA) is 80.2 Å². The standard InChI is InChI=1S/C25H22Br2N2O4/c1-32-18-9-7-14(8-10-18)21-13-22(19-11-17(26)12-20(27)23(19)30)29-24(28-21)15-3-5-16(6-4-15)25(31)33-2/h3-12,22,24,29-30H,13H2,1-2H3/t22-,24+/m1/s1. The highest BCUT2D eigenvalue weighted by Gasteiger charge is 2.28. The number of esters is 1. The average Bonchev–Trinajstić information content (AvgIpc) is 2.85. The Kier molecular flexibility index (Phi) is 7.17. The van der Waals surface area contributed by atoms with Gasteiger partial charge in [-0.3, -0.25) is 10.3 Å². The molecular formula is C25H22Br2N2O4.